The molecule has 1 aliphatic heterocycles. The second-order valence-electron chi connectivity index (χ2n) is 7.04. The fourth-order valence-electron chi connectivity index (χ4n) is 4.41. The molecule has 0 amide bonds. The summed E-state index contributed by atoms with van der Waals surface area (Å²) in [5.74, 6) is 1.63. The van der Waals surface area contributed by atoms with Crippen LogP contribution in [0.5, 0.6) is 11.5 Å². The molecular formula is C21H22N2O4. The summed E-state index contributed by atoms with van der Waals surface area (Å²) in [4.78, 5) is 11.1. The number of hydrogen-bond acceptors (Lipinski definition) is 5. The van der Waals surface area contributed by atoms with Crippen molar-refractivity contribution in [3.8, 4) is 11.5 Å². The Bertz CT molecular complexity index is 938. The van der Waals surface area contributed by atoms with E-state index in [0.717, 1.165) is 23.4 Å². The zero-order chi connectivity index (χ0) is 19.1. The van der Waals surface area contributed by atoms with Crippen molar-refractivity contribution in [2.24, 2.45) is 5.92 Å². The minimum absolute atomic E-state index is 0.0127. The summed E-state index contributed by atoms with van der Waals surface area (Å²) in [6.45, 7) is 2.11. The topological polar surface area (TPSA) is 73.6 Å². The first kappa shape index (κ1) is 17.4. The number of ether oxygens (including phenoxy) is 2. The van der Waals surface area contributed by atoms with E-state index in [1.165, 1.54) is 18.2 Å². The number of aryl methyl sites for hydroxylation is 1. The number of anilines is 1. The Kier molecular flexibility index (Phi) is 4.26. The van der Waals surface area contributed by atoms with Gasteiger partial charge in [0, 0.05) is 12.0 Å². The van der Waals surface area contributed by atoms with E-state index >= 15 is 0 Å². The summed E-state index contributed by atoms with van der Waals surface area (Å²) in [5.41, 5.74) is 4.33. The molecule has 0 fully saturated rings. The Balaban J connectivity index is 1.83. The average Bonchev–Trinajstić information content (AvgIpc) is 3.16. The zero-order valence-corrected chi connectivity index (χ0v) is 15.6. The highest BCUT2D eigenvalue weighted by Crippen LogP contribution is 2.53. The third kappa shape index (κ3) is 2.72. The maximum Gasteiger partial charge on any atom is 0.311 e. The van der Waals surface area contributed by atoms with Gasteiger partial charge in [-0.2, -0.15) is 0 Å². The Morgan fingerprint density at radius 1 is 1.15 bits per heavy atom. The van der Waals surface area contributed by atoms with Crippen LogP contribution in [0.4, 0.5) is 11.4 Å². The molecular weight excluding hydrogens is 344 g/mol. The molecule has 4 rings (SSSR count). The molecule has 6 heteroatoms. The second kappa shape index (κ2) is 6.61. The molecule has 0 spiro atoms. The van der Waals surface area contributed by atoms with E-state index in [-0.39, 0.29) is 23.4 Å². The lowest BCUT2D eigenvalue weighted by Crippen LogP contribution is -2.30. The van der Waals surface area contributed by atoms with Gasteiger partial charge in [0.05, 0.1) is 30.9 Å². The van der Waals surface area contributed by atoms with Gasteiger partial charge in [0.1, 0.15) is 5.75 Å². The third-order valence-corrected chi connectivity index (χ3v) is 5.68. The summed E-state index contributed by atoms with van der Waals surface area (Å²) in [5, 5.41) is 15.1. The van der Waals surface area contributed by atoms with E-state index in [9.17, 15) is 10.1 Å². The van der Waals surface area contributed by atoms with Crippen molar-refractivity contribution in [2.75, 3.05) is 19.5 Å². The molecule has 2 aromatic rings. The fourth-order valence-corrected chi connectivity index (χ4v) is 4.41. The van der Waals surface area contributed by atoms with Gasteiger partial charge < -0.3 is 14.8 Å². The van der Waals surface area contributed by atoms with Gasteiger partial charge in [-0.3, -0.25) is 10.1 Å². The van der Waals surface area contributed by atoms with Crippen LogP contribution in [0.3, 0.4) is 0 Å². The Morgan fingerprint density at radius 3 is 2.59 bits per heavy atom. The maximum atomic E-state index is 11.5. The summed E-state index contributed by atoms with van der Waals surface area (Å²) < 4.78 is 10.7. The van der Waals surface area contributed by atoms with Crippen LogP contribution in [-0.4, -0.2) is 19.1 Å². The van der Waals surface area contributed by atoms with Crippen LogP contribution in [0.1, 0.15) is 35.1 Å². The minimum Gasteiger partial charge on any atom is -0.495 e. The van der Waals surface area contributed by atoms with Crippen molar-refractivity contribution >= 4 is 11.4 Å². The minimum atomic E-state index is -0.395. The van der Waals surface area contributed by atoms with Crippen LogP contribution in [-0.2, 0) is 0 Å². The van der Waals surface area contributed by atoms with E-state index in [0.29, 0.717) is 5.92 Å². The quantitative estimate of drug-likeness (QED) is 0.480. The first-order valence-corrected chi connectivity index (χ1v) is 8.98. The summed E-state index contributed by atoms with van der Waals surface area (Å²) in [6.07, 6.45) is 5.38. The van der Waals surface area contributed by atoms with Crippen molar-refractivity contribution in [1.29, 1.82) is 0 Å². The number of nitro benzene ring substituents is 1. The lowest BCUT2D eigenvalue weighted by atomic mass is 9.75. The Morgan fingerprint density at radius 2 is 1.89 bits per heavy atom. The number of methoxy groups -OCH3 is 2. The lowest BCUT2D eigenvalue weighted by molar-refractivity contribution is -0.385. The van der Waals surface area contributed by atoms with E-state index in [2.05, 4.69) is 30.5 Å². The second-order valence-corrected chi connectivity index (χ2v) is 7.04. The first-order chi connectivity index (χ1) is 13.0. The molecule has 0 saturated carbocycles. The van der Waals surface area contributed by atoms with E-state index < -0.39 is 4.92 Å². The molecule has 3 atom stereocenters. The number of rotatable bonds is 4. The molecule has 1 heterocycles. The summed E-state index contributed by atoms with van der Waals surface area (Å²) in [7, 11) is 3.11. The van der Waals surface area contributed by atoms with Gasteiger partial charge in [-0.05, 0) is 48.1 Å². The van der Waals surface area contributed by atoms with Crippen LogP contribution in [0.2, 0.25) is 0 Å². The molecule has 1 N–H and O–H groups in total. The van der Waals surface area contributed by atoms with Crippen molar-refractivity contribution in [3.05, 3.63) is 69.3 Å². The van der Waals surface area contributed by atoms with Crippen molar-refractivity contribution in [1.82, 2.24) is 0 Å². The average molecular weight is 366 g/mol. The molecule has 27 heavy (non-hydrogen) atoms. The van der Waals surface area contributed by atoms with Gasteiger partial charge >= 0.3 is 5.69 Å². The normalized spacial score (nSPS) is 22.6. The van der Waals surface area contributed by atoms with Gasteiger partial charge in [0.25, 0.3) is 0 Å². The van der Waals surface area contributed by atoms with Crippen LogP contribution >= 0.6 is 0 Å². The third-order valence-electron chi connectivity index (χ3n) is 5.68. The molecule has 0 aromatic heterocycles. The summed E-state index contributed by atoms with van der Waals surface area (Å²) >= 11 is 0. The van der Waals surface area contributed by atoms with E-state index in [1.54, 1.807) is 19.2 Å². The molecule has 0 radical (unpaired) electrons. The van der Waals surface area contributed by atoms with Gasteiger partial charge in [-0.25, -0.2) is 0 Å². The standard InChI is InChI=1S/C21H22N2O4/c1-12-7-9-18(27-3)21-19(12)14-5-4-6-15(14)20(22-21)13-8-10-17(26-2)16(11-13)23(24)25/h4-5,7-11,14-15,20,22H,6H2,1-3H3. The van der Waals surface area contributed by atoms with Crippen molar-refractivity contribution < 1.29 is 14.4 Å². The largest absolute Gasteiger partial charge is 0.495 e. The van der Waals surface area contributed by atoms with Crippen molar-refractivity contribution in [2.45, 2.75) is 25.3 Å². The summed E-state index contributed by atoms with van der Waals surface area (Å²) in [6, 6.07) is 9.22. The molecule has 3 unspecified atom stereocenters. The number of fused-ring (bicyclic) bond motifs is 3. The molecule has 0 saturated heterocycles. The smallest absolute Gasteiger partial charge is 0.311 e. The fraction of sp³-hybridized carbons (Fsp3) is 0.333. The first-order valence-electron chi connectivity index (χ1n) is 8.98. The highest BCUT2D eigenvalue weighted by atomic mass is 16.6. The molecule has 1 aliphatic carbocycles. The van der Waals surface area contributed by atoms with Crippen LogP contribution < -0.4 is 14.8 Å². The molecule has 2 aliphatic rings. The van der Waals surface area contributed by atoms with Gasteiger partial charge in [0.15, 0.2) is 5.75 Å². The van der Waals surface area contributed by atoms with E-state index in [4.69, 9.17) is 9.47 Å². The van der Waals surface area contributed by atoms with Gasteiger partial charge in [-0.1, -0.05) is 24.3 Å². The predicted octanol–water partition coefficient (Wildman–Crippen LogP) is 4.75. The zero-order valence-electron chi connectivity index (χ0n) is 15.6. The molecule has 0 bridgehead atoms. The monoisotopic (exact) mass is 366 g/mol. The predicted molar refractivity (Wildman–Crippen MR) is 104 cm³/mol. The number of nitrogens with zero attached hydrogens (tertiary/aromatic N) is 1. The van der Waals surface area contributed by atoms with Crippen LogP contribution in [0, 0.1) is 23.0 Å². The molecule has 6 nitrogen and oxygen atoms in total. The van der Waals surface area contributed by atoms with E-state index in [1.807, 2.05) is 12.1 Å². The molecule has 2 aromatic carbocycles. The van der Waals surface area contributed by atoms with Crippen LogP contribution in [0.25, 0.3) is 0 Å². The highest BCUT2D eigenvalue weighted by Gasteiger charge is 2.40. The number of nitrogens with one attached hydrogen (secondary N) is 1. The number of benzene rings is 2. The van der Waals surface area contributed by atoms with Gasteiger partial charge in [-0.15, -0.1) is 0 Å². The number of hydrogen-bond donors (Lipinski definition) is 1. The van der Waals surface area contributed by atoms with Gasteiger partial charge in [0.2, 0.25) is 0 Å². The Hall–Kier alpha value is -3.02. The number of nitro groups is 1. The Labute approximate surface area is 158 Å². The molecule has 140 valence electrons. The van der Waals surface area contributed by atoms with Crippen LogP contribution in [0.15, 0.2) is 42.5 Å². The van der Waals surface area contributed by atoms with Crippen molar-refractivity contribution in [3.63, 3.8) is 0 Å². The maximum absolute atomic E-state index is 11.5. The number of allylic oxidation sites excluding steroid dienone is 2. The SMILES string of the molecule is COc1ccc(C2Nc3c(OC)ccc(C)c3C3C=CCC32)cc1[N+](=O)[O-]. The lowest BCUT2D eigenvalue weighted by Gasteiger charge is -2.39. The highest BCUT2D eigenvalue weighted by molar-refractivity contribution is 5.70.